The van der Waals surface area contributed by atoms with Crippen molar-refractivity contribution in [2.45, 2.75) is 6.42 Å². The second-order valence-corrected chi connectivity index (χ2v) is 4.37. The SMILES string of the molecule is N#CCC[NH+]1CCN(c2ccc(F)cc2)CC1. The minimum atomic E-state index is -0.188. The highest BCUT2D eigenvalue weighted by atomic mass is 19.1. The van der Waals surface area contributed by atoms with Gasteiger partial charge >= 0.3 is 0 Å². The zero-order chi connectivity index (χ0) is 12.1. The summed E-state index contributed by atoms with van der Waals surface area (Å²) in [4.78, 5) is 3.76. The van der Waals surface area contributed by atoms with Crippen LogP contribution in [0.5, 0.6) is 0 Å². The van der Waals surface area contributed by atoms with E-state index in [-0.39, 0.29) is 5.82 Å². The molecule has 1 aromatic rings. The summed E-state index contributed by atoms with van der Waals surface area (Å²) in [6, 6.07) is 8.85. The highest BCUT2D eigenvalue weighted by Gasteiger charge is 2.19. The van der Waals surface area contributed by atoms with E-state index in [0.29, 0.717) is 6.42 Å². The Morgan fingerprint density at radius 1 is 1.24 bits per heavy atom. The van der Waals surface area contributed by atoms with E-state index in [1.54, 1.807) is 0 Å². The van der Waals surface area contributed by atoms with Gasteiger partial charge in [-0.3, -0.25) is 0 Å². The number of rotatable bonds is 3. The van der Waals surface area contributed by atoms with Gasteiger partial charge in [0.2, 0.25) is 0 Å². The first-order chi connectivity index (χ1) is 8.29. The van der Waals surface area contributed by atoms with Crippen molar-refractivity contribution in [3.05, 3.63) is 30.1 Å². The maximum atomic E-state index is 12.8. The molecule has 0 aromatic heterocycles. The number of piperazine rings is 1. The monoisotopic (exact) mass is 234 g/mol. The molecule has 0 saturated carbocycles. The Bertz CT molecular complexity index is 388. The van der Waals surface area contributed by atoms with E-state index in [0.717, 1.165) is 38.4 Å². The number of quaternary nitrogens is 1. The van der Waals surface area contributed by atoms with Crippen molar-refractivity contribution in [1.82, 2.24) is 0 Å². The van der Waals surface area contributed by atoms with Crippen molar-refractivity contribution in [1.29, 1.82) is 5.26 Å². The first kappa shape index (κ1) is 11.9. The van der Waals surface area contributed by atoms with Crippen LogP contribution < -0.4 is 9.80 Å². The highest BCUT2D eigenvalue weighted by Crippen LogP contribution is 2.14. The third-order valence-corrected chi connectivity index (χ3v) is 3.25. The lowest BCUT2D eigenvalue weighted by Gasteiger charge is -2.33. The minimum Gasteiger partial charge on any atom is -0.360 e. The summed E-state index contributed by atoms with van der Waals surface area (Å²) < 4.78 is 12.8. The van der Waals surface area contributed by atoms with Gasteiger partial charge in [-0.15, -0.1) is 0 Å². The predicted molar refractivity (Wildman–Crippen MR) is 64.4 cm³/mol. The van der Waals surface area contributed by atoms with E-state index >= 15 is 0 Å². The van der Waals surface area contributed by atoms with Gasteiger partial charge in [-0.2, -0.15) is 5.26 Å². The number of hydrogen-bond donors (Lipinski definition) is 1. The van der Waals surface area contributed by atoms with Gasteiger partial charge in [0.1, 0.15) is 5.82 Å². The van der Waals surface area contributed by atoms with E-state index in [9.17, 15) is 4.39 Å². The topological polar surface area (TPSA) is 31.5 Å². The van der Waals surface area contributed by atoms with Crippen molar-refractivity contribution in [2.75, 3.05) is 37.6 Å². The molecule has 0 bridgehead atoms. The second-order valence-electron chi connectivity index (χ2n) is 4.37. The molecule has 2 rings (SSSR count). The Labute approximate surface area is 101 Å². The molecule has 1 heterocycles. The van der Waals surface area contributed by atoms with E-state index in [1.165, 1.54) is 17.0 Å². The molecule has 1 aliphatic rings. The third-order valence-electron chi connectivity index (χ3n) is 3.25. The maximum Gasteiger partial charge on any atom is 0.123 e. The summed E-state index contributed by atoms with van der Waals surface area (Å²) >= 11 is 0. The van der Waals surface area contributed by atoms with Gasteiger partial charge < -0.3 is 9.80 Å². The summed E-state index contributed by atoms with van der Waals surface area (Å²) in [5.74, 6) is -0.188. The van der Waals surface area contributed by atoms with E-state index in [2.05, 4.69) is 11.0 Å². The molecule has 0 amide bonds. The molecule has 3 nitrogen and oxygen atoms in total. The molecule has 90 valence electrons. The van der Waals surface area contributed by atoms with Crippen molar-refractivity contribution >= 4 is 5.69 Å². The molecule has 0 radical (unpaired) electrons. The molecule has 1 aromatic carbocycles. The van der Waals surface area contributed by atoms with Crippen molar-refractivity contribution in [3.63, 3.8) is 0 Å². The van der Waals surface area contributed by atoms with Crippen LogP contribution in [0.4, 0.5) is 10.1 Å². The van der Waals surface area contributed by atoms with Crippen LogP contribution >= 0.6 is 0 Å². The average Bonchev–Trinajstić information content (AvgIpc) is 2.38. The van der Waals surface area contributed by atoms with E-state index in [4.69, 9.17) is 5.26 Å². The summed E-state index contributed by atoms with van der Waals surface area (Å²) in [7, 11) is 0. The minimum absolute atomic E-state index is 0.188. The zero-order valence-electron chi connectivity index (χ0n) is 9.82. The molecule has 0 unspecified atom stereocenters. The molecular formula is C13H17FN3+. The number of nitrogens with one attached hydrogen (secondary N) is 1. The Kier molecular flexibility index (Phi) is 3.94. The summed E-state index contributed by atoms with van der Waals surface area (Å²) in [5, 5.41) is 8.54. The van der Waals surface area contributed by atoms with Crippen molar-refractivity contribution < 1.29 is 9.29 Å². The lowest BCUT2D eigenvalue weighted by atomic mass is 10.2. The smallest absolute Gasteiger partial charge is 0.123 e. The number of benzene rings is 1. The Morgan fingerprint density at radius 3 is 2.47 bits per heavy atom. The van der Waals surface area contributed by atoms with Crippen LogP contribution in [0.3, 0.4) is 0 Å². The fourth-order valence-electron chi connectivity index (χ4n) is 2.22. The Hall–Kier alpha value is -1.60. The number of anilines is 1. The first-order valence-electron chi connectivity index (χ1n) is 6.00. The first-order valence-corrected chi connectivity index (χ1v) is 6.00. The molecule has 0 spiro atoms. The normalized spacial score (nSPS) is 16.8. The lowest BCUT2D eigenvalue weighted by molar-refractivity contribution is -0.900. The largest absolute Gasteiger partial charge is 0.360 e. The molecule has 1 saturated heterocycles. The van der Waals surface area contributed by atoms with Gasteiger partial charge in [0.25, 0.3) is 0 Å². The van der Waals surface area contributed by atoms with Crippen LogP contribution in [0.1, 0.15) is 6.42 Å². The molecule has 17 heavy (non-hydrogen) atoms. The van der Waals surface area contributed by atoms with Crippen LogP contribution in [0.25, 0.3) is 0 Å². The quantitative estimate of drug-likeness (QED) is 0.823. The number of halogens is 1. The van der Waals surface area contributed by atoms with Crippen LogP contribution in [-0.4, -0.2) is 32.7 Å². The standard InChI is InChI=1S/C13H16FN3/c14-12-2-4-13(5-3-12)17-10-8-16(9-11-17)7-1-6-15/h2-5H,1,7-11H2/p+1. The van der Waals surface area contributed by atoms with E-state index < -0.39 is 0 Å². The predicted octanol–water partition coefficient (Wildman–Crippen LogP) is 0.444. The summed E-state index contributed by atoms with van der Waals surface area (Å²) in [6.45, 7) is 5.00. The van der Waals surface area contributed by atoms with Crippen LogP contribution in [0.2, 0.25) is 0 Å². The summed E-state index contributed by atoms with van der Waals surface area (Å²) in [6.07, 6.45) is 0.631. The molecule has 4 heteroatoms. The maximum absolute atomic E-state index is 12.8. The van der Waals surface area contributed by atoms with Crippen LogP contribution in [0.15, 0.2) is 24.3 Å². The molecule has 1 N–H and O–H groups in total. The van der Waals surface area contributed by atoms with Crippen molar-refractivity contribution in [3.8, 4) is 6.07 Å². The fraction of sp³-hybridized carbons (Fsp3) is 0.462. The number of nitrogens with zero attached hydrogens (tertiary/aromatic N) is 2. The number of hydrogen-bond acceptors (Lipinski definition) is 2. The van der Waals surface area contributed by atoms with Gasteiger partial charge in [0.05, 0.1) is 45.2 Å². The molecule has 0 atom stereocenters. The Morgan fingerprint density at radius 2 is 1.88 bits per heavy atom. The molecular weight excluding hydrogens is 217 g/mol. The molecule has 1 aliphatic heterocycles. The highest BCUT2D eigenvalue weighted by molar-refractivity contribution is 5.46. The second kappa shape index (κ2) is 5.65. The molecule has 0 aliphatic carbocycles. The van der Waals surface area contributed by atoms with Gasteiger partial charge in [-0.25, -0.2) is 4.39 Å². The Balaban J connectivity index is 1.87. The zero-order valence-corrected chi connectivity index (χ0v) is 9.82. The lowest BCUT2D eigenvalue weighted by Crippen LogP contribution is -3.14. The van der Waals surface area contributed by atoms with Gasteiger partial charge in [0, 0.05) is 5.69 Å². The van der Waals surface area contributed by atoms with Crippen molar-refractivity contribution in [2.24, 2.45) is 0 Å². The molecule has 1 fully saturated rings. The van der Waals surface area contributed by atoms with Crippen LogP contribution in [-0.2, 0) is 0 Å². The van der Waals surface area contributed by atoms with Gasteiger partial charge in [-0.05, 0) is 24.3 Å². The van der Waals surface area contributed by atoms with Crippen LogP contribution in [0, 0.1) is 17.1 Å². The average molecular weight is 234 g/mol. The van der Waals surface area contributed by atoms with Gasteiger partial charge in [-0.1, -0.05) is 0 Å². The summed E-state index contributed by atoms with van der Waals surface area (Å²) in [5.41, 5.74) is 1.09. The third kappa shape index (κ3) is 3.18. The fourth-order valence-corrected chi connectivity index (χ4v) is 2.22. The number of nitriles is 1. The van der Waals surface area contributed by atoms with Gasteiger partial charge in [0.15, 0.2) is 0 Å². The van der Waals surface area contributed by atoms with E-state index in [1.807, 2.05) is 12.1 Å².